The van der Waals surface area contributed by atoms with Gasteiger partial charge in [0.05, 0.1) is 18.4 Å². The van der Waals surface area contributed by atoms with Crippen molar-refractivity contribution in [3.05, 3.63) is 69.6 Å². The molecule has 1 aromatic heterocycles. The molecule has 2 aromatic carbocycles. The Hall–Kier alpha value is -3.37. The molecule has 0 fully saturated rings. The molecule has 0 aliphatic heterocycles. The van der Waals surface area contributed by atoms with Crippen molar-refractivity contribution < 1.29 is 9.13 Å². The van der Waals surface area contributed by atoms with Gasteiger partial charge in [-0.25, -0.2) is 9.37 Å². The number of nitrogens with one attached hydrogen (secondary N) is 2. The van der Waals surface area contributed by atoms with Crippen LogP contribution in [0.3, 0.4) is 0 Å². The summed E-state index contributed by atoms with van der Waals surface area (Å²) in [4.78, 5) is 9.28. The van der Waals surface area contributed by atoms with Gasteiger partial charge in [0.15, 0.2) is 0 Å². The number of benzene rings is 2. The summed E-state index contributed by atoms with van der Waals surface area (Å²) < 4.78 is 19.8. The number of anilines is 3. The van der Waals surface area contributed by atoms with Gasteiger partial charge in [0, 0.05) is 35.3 Å². The maximum atomic E-state index is 14.6. The second kappa shape index (κ2) is 8.17. The lowest BCUT2D eigenvalue weighted by Crippen LogP contribution is -2.08. The summed E-state index contributed by atoms with van der Waals surface area (Å²) in [7, 11) is 3.31. The van der Waals surface area contributed by atoms with E-state index in [9.17, 15) is 4.39 Å². The third-order valence-electron chi connectivity index (χ3n) is 5.21. The van der Waals surface area contributed by atoms with Crippen LogP contribution in [0.1, 0.15) is 34.7 Å². The highest BCUT2D eigenvalue weighted by atomic mass is 35.5. The number of ether oxygens (including phenoxy) is 1. The van der Waals surface area contributed by atoms with E-state index in [0.717, 1.165) is 24.1 Å². The standard InChI is InChI=1S/C22H19ClFN5O/c1-26-21-17-8-7-16(15-6-4-13(23)9-18(15)24)20(17)28-22(29-21)27-14-5-3-12(11-25)19(10-14)30-2/h3-6,9-10,16H,7-8H2,1-2H3,(H2,26,27,28,29)/t16-/m1/s1. The molecular weight excluding hydrogens is 405 g/mol. The Bertz CT molecular complexity index is 1160. The van der Waals surface area contributed by atoms with Gasteiger partial charge in [-0.15, -0.1) is 0 Å². The summed E-state index contributed by atoms with van der Waals surface area (Å²) in [5.74, 6) is 1.03. The Kier molecular flexibility index (Phi) is 5.42. The first kappa shape index (κ1) is 19.9. The molecule has 1 aliphatic rings. The third-order valence-corrected chi connectivity index (χ3v) is 5.44. The minimum absolute atomic E-state index is 0.177. The lowest BCUT2D eigenvalue weighted by molar-refractivity contribution is 0.413. The lowest BCUT2D eigenvalue weighted by atomic mass is 9.96. The molecule has 1 atom stereocenters. The Labute approximate surface area is 178 Å². The topological polar surface area (TPSA) is 82.9 Å². The van der Waals surface area contributed by atoms with Gasteiger partial charge in [0.25, 0.3) is 0 Å². The van der Waals surface area contributed by atoms with Crippen molar-refractivity contribution in [1.82, 2.24) is 9.97 Å². The Balaban J connectivity index is 1.73. The largest absolute Gasteiger partial charge is 0.495 e. The van der Waals surface area contributed by atoms with Gasteiger partial charge in [0.2, 0.25) is 5.95 Å². The monoisotopic (exact) mass is 423 g/mol. The number of nitriles is 1. The fourth-order valence-electron chi connectivity index (χ4n) is 3.80. The van der Waals surface area contributed by atoms with Gasteiger partial charge in [0.1, 0.15) is 23.5 Å². The van der Waals surface area contributed by atoms with Crippen molar-refractivity contribution >= 4 is 29.1 Å². The molecule has 30 heavy (non-hydrogen) atoms. The Morgan fingerprint density at radius 1 is 1.23 bits per heavy atom. The molecule has 0 spiro atoms. The van der Waals surface area contributed by atoms with Crippen LogP contribution >= 0.6 is 11.6 Å². The second-order valence-corrected chi connectivity index (χ2v) is 7.36. The third kappa shape index (κ3) is 3.62. The van der Waals surface area contributed by atoms with Crippen LogP contribution in [0.25, 0.3) is 0 Å². The zero-order chi connectivity index (χ0) is 21.3. The zero-order valence-corrected chi connectivity index (χ0v) is 17.2. The molecule has 0 radical (unpaired) electrons. The normalized spacial score (nSPS) is 14.7. The van der Waals surface area contributed by atoms with E-state index in [2.05, 4.69) is 21.7 Å². The van der Waals surface area contributed by atoms with E-state index in [1.807, 2.05) is 0 Å². The smallest absolute Gasteiger partial charge is 0.229 e. The molecular formula is C22H19ClFN5O. The van der Waals surface area contributed by atoms with Gasteiger partial charge >= 0.3 is 0 Å². The van der Waals surface area contributed by atoms with Gasteiger partial charge in [-0.1, -0.05) is 17.7 Å². The number of fused-ring (bicyclic) bond motifs is 1. The molecule has 8 heteroatoms. The molecule has 6 nitrogen and oxygen atoms in total. The first-order chi connectivity index (χ1) is 14.5. The lowest BCUT2D eigenvalue weighted by Gasteiger charge is -2.16. The summed E-state index contributed by atoms with van der Waals surface area (Å²) in [5.41, 5.74) is 3.47. The SMILES string of the molecule is CNc1nc(Nc2ccc(C#N)c(OC)c2)nc2c1CC[C@@H]2c1ccc(Cl)cc1F. The quantitative estimate of drug-likeness (QED) is 0.600. The van der Waals surface area contributed by atoms with E-state index >= 15 is 0 Å². The Morgan fingerprint density at radius 3 is 2.77 bits per heavy atom. The van der Waals surface area contributed by atoms with Crippen molar-refractivity contribution in [3.8, 4) is 11.8 Å². The highest BCUT2D eigenvalue weighted by Gasteiger charge is 2.31. The summed E-state index contributed by atoms with van der Waals surface area (Å²) in [6, 6.07) is 12.0. The number of nitrogens with zero attached hydrogens (tertiary/aromatic N) is 3. The number of hydrogen-bond acceptors (Lipinski definition) is 6. The van der Waals surface area contributed by atoms with E-state index in [1.165, 1.54) is 13.2 Å². The first-order valence-corrected chi connectivity index (χ1v) is 9.80. The summed E-state index contributed by atoms with van der Waals surface area (Å²) >= 11 is 5.92. The molecule has 4 rings (SSSR count). The molecule has 0 saturated carbocycles. The number of hydrogen-bond donors (Lipinski definition) is 2. The van der Waals surface area contributed by atoms with Crippen LogP contribution in [0.4, 0.5) is 21.8 Å². The van der Waals surface area contributed by atoms with Crippen LogP contribution in [-0.2, 0) is 6.42 Å². The van der Waals surface area contributed by atoms with E-state index in [1.54, 1.807) is 37.4 Å². The van der Waals surface area contributed by atoms with E-state index in [4.69, 9.17) is 26.6 Å². The van der Waals surface area contributed by atoms with Crippen molar-refractivity contribution in [2.75, 3.05) is 24.8 Å². The molecule has 2 N–H and O–H groups in total. The Morgan fingerprint density at radius 2 is 2.07 bits per heavy atom. The number of halogens is 2. The average Bonchev–Trinajstić information content (AvgIpc) is 3.16. The molecule has 1 aliphatic carbocycles. The molecule has 152 valence electrons. The molecule has 3 aromatic rings. The maximum absolute atomic E-state index is 14.6. The highest BCUT2D eigenvalue weighted by Crippen LogP contribution is 2.41. The predicted molar refractivity (Wildman–Crippen MR) is 114 cm³/mol. The first-order valence-electron chi connectivity index (χ1n) is 9.42. The van der Waals surface area contributed by atoms with Crippen LogP contribution in [0.15, 0.2) is 36.4 Å². The summed E-state index contributed by atoms with van der Waals surface area (Å²) in [6.45, 7) is 0. The fourth-order valence-corrected chi connectivity index (χ4v) is 3.96. The van der Waals surface area contributed by atoms with Gasteiger partial charge in [-0.2, -0.15) is 10.2 Å². The van der Waals surface area contributed by atoms with Crippen molar-refractivity contribution in [1.29, 1.82) is 5.26 Å². The van der Waals surface area contributed by atoms with Crippen LogP contribution < -0.4 is 15.4 Å². The van der Waals surface area contributed by atoms with Crippen molar-refractivity contribution in [3.63, 3.8) is 0 Å². The summed E-state index contributed by atoms with van der Waals surface area (Å²) in [6.07, 6.45) is 1.49. The van der Waals surface area contributed by atoms with Crippen molar-refractivity contribution in [2.45, 2.75) is 18.8 Å². The zero-order valence-electron chi connectivity index (χ0n) is 16.5. The van der Waals surface area contributed by atoms with Crippen molar-refractivity contribution in [2.24, 2.45) is 0 Å². The van der Waals surface area contributed by atoms with Crippen LogP contribution in [0, 0.1) is 17.1 Å². The molecule has 0 unspecified atom stereocenters. The fraction of sp³-hybridized carbons (Fsp3) is 0.227. The van der Waals surface area contributed by atoms with Crippen LogP contribution in [0.2, 0.25) is 5.02 Å². The van der Waals surface area contributed by atoms with E-state index in [0.29, 0.717) is 39.4 Å². The molecule has 0 amide bonds. The van der Waals surface area contributed by atoms with E-state index in [-0.39, 0.29) is 11.7 Å². The van der Waals surface area contributed by atoms with Crippen LogP contribution in [-0.4, -0.2) is 24.1 Å². The minimum atomic E-state index is -0.337. The van der Waals surface area contributed by atoms with Gasteiger partial charge < -0.3 is 15.4 Å². The molecule has 0 saturated heterocycles. The predicted octanol–water partition coefficient (Wildman–Crippen LogP) is 5.01. The molecule has 1 heterocycles. The van der Waals surface area contributed by atoms with Crippen LogP contribution in [0.5, 0.6) is 5.75 Å². The number of aromatic nitrogens is 2. The summed E-state index contributed by atoms with van der Waals surface area (Å²) in [5, 5.41) is 15.8. The molecule has 0 bridgehead atoms. The van der Waals surface area contributed by atoms with Gasteiger partial charge in [-0.05, 0) is 42.7 Å². The average molecular weight is 424 g/mol. The number of rotatable bonds is 5. The highest BCUT2D eigenvalue weighted by molar-refractivity contribution is 6.30. The maximum Gasteiger partial charge on any atom is 0.229 e. The second-order valence-electron chi connectivity index (χ2n) is 6.92. The van der Waals surface area contributed by atoms with Gasteiger partial charge in [-0.3, -0.25) is 0 Å². The van der Waals surface area contributed by atoms with E-state index < -0.39 is 0 Å². The minimum Gasteiger partial charge on any atom is -0.495 e. The number of methoxy groups -OCH3 is 1.